The summed E-state index contributed by atoms with van der Waals surface area (Å²) in [6.07, 6.45) is 0. The summed E-state index contributed by atoms with van der Waals surface area (Å²) in [4.78, 5) is 2.14. The van der Waals surface area contributed by atoms with Gasteiger partial charge in [-0.3, -0.25) is 0 Å². The van der Waals surface area contributed by atoms with Crippen LogP contribution < -0.4 is 5.32 Å². The van der Waals surface area contributed by atoms with E-state index in [9.17, 15) is 0 Å². The Morgan fingerprint density at radius 3 is 2.50 bits per heavy atom. The number of hydrogen-bond acceptors (Lipinski definition) is 3. The van der Waals surface area contributed by atoms with Crippen molar-refractivity contribution < 1.29 is 0 Å². The third-order valence-corrected chi connectivity index (χ3v) is 2.92. The Morgan fingerprint density at radius 1 is 1.11 bits per heavy atom. The van der Waals surface area contributed by atoms with E-state index in [1.807, 2.05) is 36.4 Å². The number of nitrogens with zero attached hydrogens (tertiary/aromatic N) is 2. The fourth-order valence-electron chi connectivity index (χ4n) is 1.96. The van der Waals surface area contributed by atoms with E-state index in [0.29, 0.717) is 0 Å². The van der Waals surface area contributed by atoms with Crippen LogP contribution in [0.4, 0.5) is 5.69 Å². The first kappa shape index (κ1) is 12.4. The molecule has 0 aromatic heterocycles. The molecule has 0 aliphatic heterocycles. The molecule has 3 heteroatoms. The van der Waals surface area contributed by atoms with Crippen LogP contribution in [0, 0.1) is 11.3 Å². The van der Waals surface area contributed by atoms with Crippen LogP contribution >= 0.6 is 0 Å². The summed E-state index contributed by atoms with van der Waals surface area (Å²) in [6, 6.07) is 14.1. The largest absolute Gasteiger partial charge is 0.383 e. The van der Waals surface area contributed by atoms with Crippen LogP contribution in [0.5, 0.6) is 0 Å². The molecule has 3 nitrogen and oxygen atoms in total. The van der Waals surface area contributed by atoms with Crippen molar-refractivity contribution in [1.82, 2.24) is 4.90 Å². The summed E-state index contributed by atoms with van der Waals surface area (Å²) in [5.41, 5.74) is 1.82. The Morgan fingerprint density at radius 2 is 1.83 bits per heavy atom. The highest BCUT2D eigenvalue weighted by Crippen LogP contribution is 2.26. The monoisotopic (exact) mass is 239 g/mol. The van der Waals surface area contributed by atoms with Crippen molar-refractivity contribution in [3.05, 3.63) is 42.0 Å². The summed E-state index contributed by atoms with van der Waals surface area (Å²) in [6.45, 7) is 1.87. The smallest absolute Gasteiger partial charge is 0.0998 e. The lowest BCUT2D eigenvalue weighted by molar-refractivity contribution is 0.425. The van der Waals surface area contributed by atoms with Crippen LogP contribution in [0.25, 0.3) is 10.8 Å². The van der Waals surface area contributed by atoms with E-state index in [2.05, 4.69) is 30.4 Å². The van der Waals surface area contributed by atoms with Crippen LogP contribution in [-0.4, -0.2) is 32.1 Å². The minimum absolute atomic E-state index is 0.726. The zero-order chi connectivity index (χ0) is 13.0. The molecule has 0 atom stereocenters. The molecule has 1 N–H and O–H groups in total. The van der Waals surface area contributed by atoms with Gasteiger partial charge in [0.05, 0.1) is 11.6 Å². The van der Waals surface area contributed by atoms with Crippen LogP contribution in [-0.2, 0) is 0 Å². The zero-order valence-corrected chi connectivity index (χ0v) is 10.8. The second-order valence-corrected chi connectivity index (χ2v) is 4.55. The first-order valence-corrected chi connectivity index (χ1v) is 6.03. The highest BCUT2D eigenvalue weighted by Gasteiger charge is 2.04. The molecule has 2 rings (SSSR count). The molecule has 0 saturated heterocycles. The van der Waals surface area contributed by atoms with Gasteiger partial charge < -0.3 is 10.2 Å². The lowest BCUT2D eigenvalue weighted by atomic mass is 10.0. The summed E-state index contributed by atoms with van der Waals surface area (Å²) in [5.74, 6) is 0. The van der Waals surface area contributed by atoms with Crippen LogP contribution in [0.3, 0.4) is 0 Å². The van der Waals surface area contributed by atoms with Gasteiger partial charge in [0.2, 0.25) is 0 Å². The van der Waals surface area contributed by atoms with Gasteiger partial charge in [-0.15, -0.1) is 0 Å². The second kappa shape index (κ2) is 5.52. The van der Waals surface area contributed by atoms with Gasteiger partial charge in [0, 0.05) is 29.5 Å². The number of benzene rings is 2. The van der Waals surface area contributed by atoms with Crippen LogP contribution in [0.2, 0.25) is 0 Å². The lowest BCUT2D eigenvalue weighted by Gasteiger charge is -2.13. The number of likely N-dealkylation sites (N-methyl/N-ethyl adjacent to an activating group) is 1. The lowest BCUT2D eigenvalue weighted by Crippen LogP contribution is -2.20. The SMILES string of the molecule is CN(C)CCNc1ccc(C#N)c2ccccc12. The maximum Gasteiger partial charge on any atom is 0.0998 e. The number of nitrogens with one attached hydrogen (secondary N) is 1. The second-order valence-electron chi connectivity index (χ2n) is 4.55. The van der Waals surface area contributed by atoms with Crippen molar-refractivity contribution >= 4 is 16.5 Å². The van der Waals surface area contributed by atoms with Gasteiger partial charge in [0.15, 0.2) is 0 Å². The molecular weight excluding hydrogens is 222 g/mol. The number of hydrogen-bond donors (Lipinski definition) is 1. The Labute approximate surface area is 108 Å². The molecule has 0 spiro atoms. The first-order valence-electron chi connectivity index (χ1n) is 6.03. The molecule has 0 saturated carbocycles. The minimum Gasteiger partial charge on any atom is -0.383 e. The van der Waals surface area contributed by atoms with Crippen molar-refractivity contribution in [2.75, 3.05) is 32.5 Å². The standard InChI is InChI=1S/C15H17N3/c1-18(2)10-9-17-15-8-7-12(11-16)13-5-3-4-6-14(13)15/h3-8,17H,9-10H2,1-2H3. The maximum atomic E-state index is 9.10. The van der Waals surface area contributed by atoms with Gasteiger partial charge in [0.25, 0.3) is 0 Å². The number of nitriles is 1. The molecule has 2 aromatic rings. The molecule has 0 fully saturated rings. The first-order chi connectivity index (χ1) is 8.72. The molecule has 0 radical (unpaired) electrons. The van der Waals surface area contributed by atoms with E-state index in [4.69, 9.17) is 5.26 Å². The average molecular weight is 239 g/mol. The molecule has 0 bridgehead atoms. The maximum absolute atomic E-state index is 9.10. The molecule has 0 aliphatic rings. The van der Waals surface area contributed by atoms with E-state index >= 15 is 0 Å². The molecule has 92 valence electrons. The van der Waals surface area contributed by atoms with Crippen molar-refractivity contribution in [3.63, 3.8) is 0 Å². The predicted molar refractivity (Wildman–Crippen MR) is 75.7 cm³/mol. The molecule has 0 heterocycles. The Kier molecular flexibility index (Phi) is 3.81. The molecule has 0 amide bonds. The van der Waals surface area contributed by atoms with Crippen molar-refractivity contribution in [1.29, 1.82) is 5.26 Å². The fraction of sp³-hybridized carbons (Fsp3) is 0.267. The van der Waals surface area contributed by atoms with E-state index in [0.717, 1.165) is 35.1 Å². The summed E-state index contributed by atoms with van der Waals surface area (Å²) < 4.78 is 0. The van der Waals surface area contributed by atoms with Gasteiger partial charge in [-0.05, 0) is 26.2 Å². The van der Waals surface area contributed by atoms with Crippen LogP contribution in [0.15, 0.2) is 36.4 Å². The average Bonchev–Trinajstić information content (AvgIpc) is 2.38. The van der Waals surface area contributed by atoms with Crippen molar-refractivity contribution in [2.24, 2.45) is 0 Å². The predicted octanol–water partition coefficient (Wildman–Crippen LogP) is 2.68. The van der Waals surface area contributed by atoms with Gasteiger partial charge in [-0.1, -0.05) is 24.3 Å². The highest BCUT2D eigenvalue weighted by molar-refractivity contribution is 5.97. The van der Waals surface area contributed by atoms with Gasteiger partial charge in [-0.25, -0.2) is 0 Å². The Balaban J connectivity index is 2.32. The summed E-state index contributed by atoms with van der Waals surface area (Å²) >= 11 is 0. The van der Waals surface area contributed by atoms with Crippen LogP contribution in [0.1, 0.15) is 5.56 Å². The topological polar surface area (TPSA) is 39.1 Å². The third kappa shape index (κ3) is 2.61. The van der Waals surface area contributed by atoms with Gasteiger partial charge >= 0.3 is 0 Å². The molecule has 2 aromatic carbocycles. The number of fused-ring (bicyclic) bond motifs is 1. The molecular formula is C15H17N3. The van der Waals surface area contributed by atoms with Crippen molar-refractivity contribution in [2.45, 2.75) is 0 Å². The highest BCUT2D eigenvalue weighted by atomic mass is 15.1. The minimum atomic E-state index is 0.726. The molecule has 0 unspecified atom stereocenters. The number of anilines is 1. The quantitative estimate of drug-likeness (QED) is 0.891. The summed E-state index contributed by atoms with van der Waals surface area (Å²) in [5, 5.41) is 14.6. The molecule has 18 heavy (non-hydrogen) atoms. The van der Waals surface area contributed by atoms with E-state index in [1.54, 1.807) is 0 Å². The molecule has 0 aliphatic carbocycles. The van der Waals surface area contributed by atoms with E-state index in [1.165, 1.54) is 0 Å². The van der Waals surface area contributed by atoms with E-state index in [-0.39, 0.29) is 0 Å². The van der Waals surface area contributed by atoms with E-state index < -0.39 is 0 Å². The Hall–Kier alpha value is -2.05. The summed E-state index contributed by atoms with van der Waals surface area (Å²) in [7, 11) is 4.11. The zero-order valence-electron chi connectivity index (χ0n) is 10.8. The third-order valence-electron chi connectivity index (χ3n) is 2.92. The van der Waals surface area contributed by atoms with Gasteiger partial charge in [-0.2, -0.15) is 5.26 Å². The normalized spacial score (nSPS) is 10.6. The van der Waals surface area contributed by atoms with Crippen molar-refractivity contribution in [3.8, 4) is 6.07 Å². The van der Waals surface area contributed by atoms with Gasteiger partial charge in [0.1, 0.15) is 0 Å². The Bertz CT molecular complexity index is 582. The number of rotatable bonds is 4. The fourth-order valence-corrected chi connectivity index (χ4v) is 1.96.